The third-order valence-electron chi connectivity index (χ3n) is 3.13. The summed E-state index contributed by atoms with van der Waals surface area (Å²) in [5.74, 6) is 1.59. The third-order valence-corrected chi connectivity index (χ3v) is 3.13. The van der Waals surface area contributed by atoms with Gasteiger partial charge in [0, 0.05) is 32.5 Å². The lowest BCUT2D eigenvalue weighted by molar-refractivity contribution is 0.480. The van der Waals surface area contributed by atoms with E-state index in [-0.39, 0.29) is 0 Å². The summed E-state index contributed by atoms with van der Waals surface area (Å²) in [6.45, 7) is 7.10. The van der Waals surface area contributed by atoms with Gasteiger partial charge in [0.15, 0.2) is 5.96 Å². The maximum atomic E-state index is 4.21. The van der Waals surface area contributed by atoms with Crippen molar-refractivity contribution in [3.8, 4) is 0 Å². The molecule has 18 heavy (non-hydrogen) atoms. The molecule has 0 saturated carbocycles. The molecular weight excluding hydrogens is 226 g/mol. The Hall–Kier alpha value is -1.52. The van der Waals surface area contributed by atoms with Gasteiger partial charge >= 0.3 is 0 Å². The molecule has 5 heteroatoms. The highest BCUT2D eigenvalue weighted by Gasteiger charge is 2.04. The van der Waals surface area contributed by atoms with E-state index in [2.05, 4.69) is 34.6 Å². The van der Waals surface area contributed by atoms with Crippen LogP contribution in [0.5, 0.6) is 0 Å². The normalized spacial score (nSPS) is 11.9. The van der Waals surface area contributed by atoms with Gasteiger partial charge < -0.3 is 10.6 Å². The van der Waals surface area contributed by atoms with Crippen molar-refractivity contribution >= 4 is 5.96 Å². The van der Waals surface area contributed by atoms with Crippen LogP contribution >= 0.6 is 0 Å². The Labute approximate surface area is 110 Å². The van der Waals surface area contributed by atoms with E-state index in [9.17, 15) is 0 Å². The first-order chi connectivity index (χ1) is 8.80. The molecule has 1 aromatic rings. The van der Waals surface area contributed by atoms with E-state index in [1.165, 1.54) is 12.8 Å². The number of hydrogen-bond acceptors (Lipinski definition) is 2. The number of aromatic nitrogens is 2. The molecule has 0 aliphatic rings. The maximum absolute atomic E-state index is 4.21. The van der Waals surface area contributed by atoms with Gasteiger partial charge in [0.2, 0.25) is 0 Å². The second kappa shape index (κ2) is 8.55. The Balaban J connectivity index is 2.21. The van der Waals surface area contributed by atoms with Crippen LogP contribution < -0.4 is 10.6 Å². The molecule has 0 atom stereocenters. The topological polar surface area (TPSA) is 54.2 Å². The van der Waals surface area contributed by atoms with Crippen LogP contribution in [0, 0.1) is 5.92 Å². The first-order valence-corrected chi connectivity index (χ1v) is 6.72. The summed E-state index contributed by atoms with van der Waals surface area (Å²) in [5.41, 5.74) is 0. The zero-order valence-corrected chi connectivity index (χ0v) is 11.7. The smallest absolute Gasteiger partial charge is 0.191 e. The molecule has 102 valence electrons. The molecule has 0 aliphatic heterocycles. The molecule has 2 N–H and O–H groups in total. The van der Waals surface area contributed by atoms with E-state index in [4.69, 9.17) is 0 Å². The molecule has 0 amide bonds. The SMILES string of the molecule is CCC(CC)CNC(=NC)NCCn1cccn1. The van der Waals surface area contributed by atoms with Crippen LogP contribution in [-0.4, -0.2) is 35.9 Å². The average molecular weight is 251 g/mol. The number of guanidine groups is 1. The molecular formula is C13H25N5. The molecule has 1 heterocycles. The fourth-order valence-electron chi connectivity index (χ4n) is 1.76. The molecule has 0 radical (unpaired) electrons. The van der Waals surface area contributed by atoms with Crippen LogP contribution in [0.2, 0.25) is 0 Å². The van der Waals surface area contributed by atoms with Crippen LogP contribution in [0.3, 0.4) is 0 Å². The van der Waals surface area contributed by atoms with Crippen molar-refractivity contribution in [2.45, 2.75) is 33.2 Å². The summed E-state index contributed by atoms with van der Waals surface area (Å²) in [6, 6.07) is 1.93. The number of aliphatic imine (C=N–C) groups is 1. The van der Waals surface area contributed by atoms with E-state index in [0.29, 0.717) is 0 Å². The second-order valence-corrected chi connectivity index (χ2v) is 4.33. The van der Waals surface area contributed by atoms with E-state index in [0.717, 1.165) is 31.5 Å². The fourth-order valence-corrected chi connectivity index (χ4v) is 1.76. The quantitative estimate of drug-likeness (QED) is 0.570. The minimum Gasteiger partial charge on any atom is -0.356 e. The van der Waals surface area contributed by atoms with E-state index >= 15 is 0 Å². The van der Waals surface area contributed by atoms with Gasteiger partial charge in [-0.25, -0.2) is 0 Å². The van der Waals surface area contributed by atoms with Crippen LogP contribution in [-0.2, 0) is 6.54 Å². The van der Waals surface area contributed by atoms with E-state index < -0.39 is 0 Å². The van der Waals surface area contributed by atoms with Crippen molar-refractivity contribution in [3.05, 3.63) is 18.5 Å². The molecule has 0 unspecified atom stereocenters. The standard InChI is InChI=1S/C13H25N5/c1-4-12(5-2)11-16-13(14-3)15-8-10-18-9-6-7-17-18/h6-7,9,12H,4-5,8,10-11H2,1-3H3,(H2,14,15,16). The van der Waals surface area contributed by atoms with Crippen molar-refractivity contribution < 1.29 is 0 Å². The van der Waals surface area contributed by atoms with Gasteiger partial charge in [0.1, 0.15) is 0 Å². The number of nitrogens with zero attached hydrogens (tertiary/aromatic N) is 3. The lowest BCUT2D eigenvalue weighted by atomic mass is 10.0. The summed E-state index contributed by atoms with van der Waals surface area (Å²) < 4.78 is 1.90. The first-order valence-electron chi connectivity index (χ1n) is 6.72. The largest absolute Gasteiger partial charge is 0.356 e. The summed E-state index contributed by atoms with van der Waals surface area (Å²) in [6.07, 6.45) is 6.16. The summed E-state index contributed by atoms with van der Waals surface area (Å²) >= 11 is 0. The monoisotopic (exact) mass is 251 g/mol. The van der Waals surface area contributed by atoms with Gasteiger partial charge in [-0.3, -0.25) is 9.67 Å². The van der Waals surface area contributed by atoms with E-state index in [1.54, 1.807) is 13.2 Å². The molecule has 0 fully saturated rings. The number of rotatable bonds is 7. The Bertz CT molecular complexity index is 327. The molecule has 0 saturated heterocycles. The van der Waals surface area contributed by atoms with Crippen LogP contribution in [0.25, 0.3) is 0 Å². The van der Waals surface area contributed by atoms with Gasteiger partial charge in [-0.1, -0.05) is 26.7 Å². The average Bonchev–Trinajstić information content (AvgIpc) is 2.91. The number of hydrogen-bond donors (Lipinski definition) is 2. The molecule has 0 bridgehead atoms. The van der Waals surface area contributed by atoms with E-state index in [1.807, 2.05) is 16.9 Å². The minimum absolute atomic E-state index is 0.717. The Morgan fingerprint density at radius 2 is 2.11 bits per heavy atom. The van der Waals surface area contributed by atoms with Gasteiger partial charge in [0.05, 0.1) is 6.54 Å². The van der Waals surface area contributed by atoms with Crippen molar-refractivity contribution in [1.82, 2.24) is 20.4 Å². The molecule has 0 aromatic carbocycles. The van der Waals surface area contributed by atoms with Crippen molar-refractivity contribution in [2.24, 2.45) is 10.9 Å². The van der Waals surface area contributed by atoms with Gasteiger partial charge in [0.25, 0.3) is 0 Å². The molecule has 5 nitrogen and oxygen atoms in total. The van der Waals surface area contributed by atoms with Crippen LogP contribution in [0.4, 0.5) is 0 Å². The zero-order chi connectivity index (χ0) is 13.2. The Kier molecular flexibility index (Phi) is 6.91. The lowest BCUT2D eigenvalue weighted by Crippen LogP contribution is -2.40. The van der Waals surface area contributed by atoms with Gasteiger partial charge in [-0.2, -0.15) is 5.10 Å². The highest BCUT2D eigenvalue weighted by atomic mass is 15.3. The lowest BCUT2D eigenvalue weighted by Gasteiger charge is -2.16. The summed E-state index contributed by atoms with van der Waals surface area (Å²) in [4.78, 5) is 4.21. The minimum atomic E-state index is 0.717. The van der Waals surface area contributed by atoms with Crippen molar-refractivity contribution in [2.75, 3.05) is 20.1 Å². The van der Waals surface area contributed by atoms with Crippen LogP contribution in [0.15, 0.2) is 23.5 Å². The Morgan fingerprint density at radius 1 is 1.33 bits per heavy atom. The van der Waals surface area contributed by atoms with Crippen molar-refractivity contribution in [3.63, 3.8) is 0 Å². The van der Waals surface area contributed by atoms with Crippen molar-refractivity contribution in [1.29, 1.82) is 0 Å². The summed E-state index contributed by atoms with van der Waals surface area (Å²) in [5, 5.41) is 10.8. The molecule has 1 rings (SSSR count). The second-order valence-electron chi connectivity index (χ2n) is 4.33. The number of nitrogens with one attached hydrogen (secondary N) is 2. The molecule has 0 spiro atoms. The highest BCUT2D eigenvalue weighted by Crippen LogP contribution is 2.04. The highest BCUT2D eigenvalue weighted by molar-refractivity contribution is 5.79. The predicted octanol–water partition coefficient (Wildman–Crippen LogP) is 1.48. The molecule has 0 aliphatic carbocycles. The third kappa shape index (κ3) is 5.21. The first kappa shape index (κ1) is 14.5. The predicted molar refractivity (Wildman–Crippen MR) is 75.7 cm³/mol. The zero-order valence-electron chi connectivity index (χ0n) is 11.7. The van der Waals surface area contributed by atoms with Gasteiger partial charge in [-0.15, -0.1) is 0 Å². The van der Waals surface area contributed by atoms with Gasteiger partial charge in [-0.05, 0) is 12.0 Å². The molecule has 1 aromatic heterocycles. The Morgan fingerprint density at radius 3 is 2.67 bits per heavy atom. The maximum Gasteiger partial charge on any atom is 0.191 e. The summed E-state index contributed by atoms with van der Waals surface area (Å²) in [7, 11) is 1.80. The van der Waals surface area contributed by atoms with Crippen LogP contribution in [0.1, 0.15) is 26.7 Å². The fraction of sp³-hybridized carbons (Fsp3) is 0.692.